The molecule has 1 amide bonds. The molecule has 3 rings (SSSR count). The van der Waals surface area contributed by atoms with E-state index >= 15 is 0 Å². The Morgan fingerprint density at radius 1 is 1.07 bits per heavy atom. The quantitative estimate of drug-likeness (QED) is 0.596. The van der Waals surface area contributed by atoms with Crippen LogP contribution in [0.2, 0.25) is 0 Å². The summed E-state index contributed by atoms with van der Waals surface area (Å²) >= 11 is 0. The van der Waals surface area contributed by atoms with Crippen LogP contribution in [0.25, 0.3) is 0 Å². The Kier molecular flexibility index (Phi) is 8.02. The minimum atomic E-state index is -2.95. The topological polar surface area (TPSA) is 53.6 Å². The third-order valence-corrected chi connectivity index (χ3v) is 5.45. The number of hydrogen-bond acceptors (Lipinski definition) is 4. The summed E-state index contributed by atoms with van der Waals surface area (Å²) in [6, 6.07) is 14.7. The zero-order valence-corrected chi connectivity index (χ0v) is 17.2. The summed E-state index contributed by atoms with van der Waals surface area (Å²) in [6.45, 7) is -2.12. The summed E-state index contributed by atoms with van der Waals surface area (Å²) in [5.74, 6) is -0.397. The number of amides is 1. The van der Waals surface area contributed by atoms with Gasteiger partial charge < -0.3 is 15.4 Å². The van der Waals surface area contributed by atoms with Gasteiger partial charge in [0.2, 0.25) is 5.91 Å². The van der Waals surface area contributed by atoms with Crippen LogP contribution in [-0.4, -0.2) is 37.1 Å². The molecule has 0 heterocycles. The van der Waals surface area contributed by atoms with Crippen molar-refractivity contribution in [1.29, 1.82) is 0 Å². The van der Waals surface area contributed by atoms with Gasteiger partial charge in [-0.1, -0.05) is 49.6 Å². The lowest BCUT2D eigenvalue weighted by Crippen LogP contribution is -2.33. The average molecular weight is 418 g/mol. The Bertz CT molecular complexity index is 826. The van der Waals surface area contributed by atoms with Crippen LogP contribution in [0.15, 0.2) is 48.5 Å². The second-order valence-electron chi connectivity index (χ2n) is 7.64. The highest BCUT2D eigenvalue weighted by molar-refractivity contribution is 5.95. The molecule has 2 aromatic rings. The fourth-order valence-electron chi connectivity index (χ4n) is 3.89. The molecular weight excluding hydrogens is 388 g/mol. The van der Waals surface area contributed by atoms with Crippen LogP contribution in [-0.2, 0) is 11.3 Å². The number of hydrogen-bond donors (Lipinski definition) is 2. The second kappa shape index (κ2) is 10.9. The molecule has 1 fully saturated rings. The van der Waals surface area contributed by atoms with Gasteiger partial charge in [0.25, 0.3) is 0 Å². The number of rotatable bonds is 9. The van der Waals surface area contributed by atoms with Gasteiger partial charge in [0.1, 0.15) is 5.75 Å². The molecule has 0 unspecified atom stereocenters. The molecule has 5 nitrogen and oxygen atoms in total. The van der Waals surface area contributed by atoms with Crippen molar-refractivity contribution in [2.75, 3.05) is 24.2 Å². The van der Waals surface area contributed by atoms with Gasteiger partial charge in [-0.05, 0) is 43.7 Å². The number of nitrogens with zero attached hydrogens (tertiary/aromatic N) is 1. The number of anilines is 2. The van der Waals surface area contributed by atoms with E-state index in [1.54, 1.807) is 12.1 Å². The summed E-state index contributed by atoms with van der Waals surface area (Å²) in [4.78, 5) is 14.8. The normalized spacial score (nSPS) is 14.7. The molecule has 0 radical (unpaired) electrons. The molecule has 0 aliphatic heterocycles. The molecule has 0 spiro atoms. The van der Waals surface area contributed by atoms with E-state index in [1.807, 2.05) is 18.2 Å². The van der Waals surface area contributed by atoms with E-state index in [0.717, 1.165) is 17.8 Å². The number of carbonyl (C=O) groups excluding carboxylic acids is 1. The largest absolute Gasteiger partial charge is 0.433 e. The Morgan fingerprint density at radius 2 is 1.73 bits per heavy atom. The monoisotopic (exact) mass is 417 g/mol. The van der Waals surface area contributed by atoms with Crippen molar-refractivity contribution in [3.05, 3.63) is 54.1 Å². The first-order valence-electron chi connectivity index (χ1n) is 10.4. The van der Waals surface area contributed by atoms with Gasteiger partial charge in [-0.2, -0.15) is 8.78 Å². The van der Waals surface area contributed by atoms with Gasteiger partial charge in [-0.15, -0.1) is 0 Å². The lowest BCUT2D eigenvalue weighted by atomic mass is 9.94. The molecule has 7 heteroatoms. The summed E-state index contributed by atoms with van der Waals surface area (Å²) < 4.78 is 29.5. The molecule has 1 aliphatic carbocycles. The third-order valence-electron chi connectivity index (χ3n) is 5.45. The molecule has 162 valence electrons. The number of alkyl halides is 2. The van der Waals surface area contributed by atoms with Gasteiger partial charge in [0, 0.05) is 18.3 Å². The molecule has 2 aromatic carbocycles. The van der Waals surface area contributed by atoms with Crippen molar-refractivity contribution in [1.82, 2.24) is 4.90 Å². The van der Waals surface area contributed by atoms with E-state index in [-0.39, 0.29) is 23.9 Å². The summed E-state index contributed by atoms with van der Waals surface area (Å²) in [7, 11) is 2.15. The van der Waals surface area contributed by atoms with Crippen LogP contribution in [0.1, 0.15) is 37.7 Å². The number of para-hydroxylation sites is 3. The van der Waals surface area contributed by atoms with E-state index in [1.165, 1.54) is 44.2 Å². The maximum atomic E-state index is 12.5. The van der Waals surface area contributed by atoms with Crippen molar-refractivity contribution in [3.8, 4) is 5.75 Å². The standard InChI is InChI=1S/C23H29F2N3O2/c1-28(18-10-3-2-4-11-18)16-17-9-5-6-12-19(17)26-15-22(29)27-20-13-7-8-14-21(20)30-23(24)25/h5-9,12-14,18,23,26H,2-4,10-11,15-16H2,1H3,(H,27,29). The number of nitrogens with one attached hydrogen (secondary N) is 2. The lowest BCUT2D eigenvalue weighted by Gasteiger charge is -2.31. The highest BCUT2D eigenvalue weighted by Gasteiger charge is 2.19. The maximum Gasteiger partial charge on any atom is 0.387 e. The molecule has 30 heavy (non-hydrogen) atoms. The summed E-state index contributed by atoms with van der Waals surface area (Å²) in [5, 5.41) is 5.80. The van der Waals surface area contributed by atoms with Gasteiger partial charge in [0.15, 0.2) is 0 Å². The predicted molar refractivity (Wildman–Crippen MR) is 115 cm³/mol. The lowest BCUT2D eigenvalue weighted by molar-refractivity contribution is -0.114. The minimum absolute atomic E-state index is 0.0210. The van der Waals surface area contributed by atoms with Crippen LogP contribution in [0.4, 0.5) is 20.2 Å². The summed E-state index contributed by atoms with van der Waals surface area (Å²) in [6.07, 6.45) is 6.35. The van der Waals surface area contributed by atoms with E-state index < -0.39 is 6.61 Å². The van der Waals surface area contributed by atoms with Crippen molar-refractivity contribution >= 4 is 17.3 Å². The predicted octanol–water partition coefficient (Wildman–Crippen LogP) is 5.10. The van der Waals surface area contributed by atoms with Gasteiger partial charge in [-0.25, -0.2) is 0 Å². The van der Waals surface area contributed by atoms with Crippen molar-refractivity contribution in [3.63, 3.8) is 0 Å². The van der Waals surface area contributed by atoms with Crippen LogP contribution >= 0.6 is 0 Å². The van der Waals surface area contributed by atoms with Crippen LogP contribution in [0, 0.1) is 0 Å². The number of carbonyl (C=O) groups is 1. The zero-order chi connectivity index (χ0) is 21.3. The zero-order valence-electron chi connectivity index (χ0n) is 17.2. The molecule has 1 saturated carbocycles. The smallest absolute Gasteiger partial charge is 0.387 e. The number of ether oxygens (including phenoxy) is 1. The second-order valence-corrected chi connectivity index (χ2v) is 7.64. The third kappa shape index (κ3) is 6.42. The van der Waals surface area contributed by atoms with E-state index in [2.05, 4.69) is 33.4 Å². The Morgan fingerprint density at radius 3 is 2.47 bits per heavy atom. The minimum Gasteiger partial charge on any atom is -0.433 e. The molecule has 0 bridgehead atoms. The van der Waals surface area contributed by atoms with Crippen LogP contribution < -0.4 is 15.4 Å². The maximum absolute atomic E-state index is 12.5. The van der Waals surface area contributed by atoms with Crippen LogP contribution in [0.3, 0.4) is 0 Å². The highest BCUT2D eigenvalue weighted by Crippen LogP contribution is 2.26. The molecule has 0 aromatic heterocycles. The highest BCUT2D eigenvalue weighted by atomic mass is 19.3. The van der Waals surface area contributed by atoms with Gasteiger partial charge in [0.05, 0.1) is 12.2 Å². The van der Waals surface area contributed by atoms with Crippen molar-refractivity contribution in [2.45, 2.75) is 51.3 Å². The Balaban J connectivity index is 1.58. The first kappa shape index (κ1) is 22.0. The average Bonchev–Trinajstić information content (AvgIpc) is 2.75. The van der Waals surface area contributed by atoms with Crippen molar-refractivity contribution in [2.24, 2.45) is 0 Å². The number of benzene rings is 2. The SMILES string of the molecule is CN(Cc1ccccc1NCC(=O)Nc1ccccc1OC(F)F)C1CCCCC1. The fraction of sp³-hybridized carbons (Fsp3) is 0.435. The molecule has 1 aliphatic rings. The van der Waals surface area contributed by atoms with Crippen LogP contribution in [0.5, 0.6) is 5.75 Å². The van der Waals surface area contributed by atoms with Gasteiger partial charge >= 0.3 is 6.61 Å². The molecule has 0 atom stereocenters. The first-order chi connectivity index (χ1) is 14.5. The van der Waals surface area contributed by atoms with E-state index in [4.69, 9.17) is 0 Å². The van der Waals surface area contributed by atoms with Crippen molar-refractivity contribution < 1.29 is 18.3 Å². The first-order valence-corrected chi connectivity index (χ1v) is 10.4. The van der Waals surface area contributed by atoms with E-state index in [9.17, 15) is 13.6 Å². The molecule has 2 N–H and O–H groups in total. The number of halogens is 2. The van der Waals surface area contributed by atoms with Gasteiger partial charge in [-0.3, -0.25) is 9.69 Å². The fourth-order valence-corrected chi connectivity index (χ4v) is 3.89. The Labute approximate surface area is 176 Å². The summed E-state index contributed by atoms with van der Waals surface area (Å²) in [5.41, 5.74) is 2.24. The molecular formula is C23H29F2N3O2. The molecule has 0 saturated heterocycles. The van der Waals surface area contributed by atoms with E-state index in [0.29, 0.717) is 6.04 Å². The Hall–Kier alpha value is -2.67.